The van der Waals surface area contributed by atoms with E-state index in [0.717, 1.165) is 19.6 Å². The third-order valence-corrected chi connectivity index (χ3v) is 1.54. The van der Waals surface area contributed by atoms with Crippen molar-refractivity contribution in [1.29, 1.82) is 5.26 Å². The van der Waals surface area contributed by atoms with Gasteiger partial charge in [-0.1, -0.05) is 0 Å². The smallest absolute Gasteiger partial charge is 0.133 e. The number of ether oxygens (including phenoxy) is 2. The van der Waals surface area contributed by atoms with Gasteiger partial charge in [0.1, 0.15) is 6.61 Å². The molecule has 0 N–H and O–H groups in total. The fraction of sp³-hybridized carbons (Fsp3) is 0.857. The second-order valence-corrected chi connectivity index (χ2v) is 2.40. The highest BCUT2D eigenvalue weighted by molar-refractivity contribution is 4.68. The lowest BCUT2D eigenvalue weighted by Crippen LogP contribution is -2.09. The van der Waals surface area contributed by atoms with Gasteiger partial charge in [-0.25, -0.2) is 0 Å². The van der Waals surface area contributed by atoms with Crippen molar-refractivity contribution in [3.05, 3.63) is 0 Å². The molecule has 56 valence electrons. The molecule has 0 bridgehead atoms. The van der Waals surface area contributed by atoms with Crippen LogP contribution in [0.4, 0.5) is 0 Å². The lowest BCUT2D eigenvalue weighted by atomic mass is 10.1. The summed E-state index contributed by atoms with van der Waals surface area (Å²) in [6.07, 6.45) is 1.07. The van der Waals surface area contributed by atoms with Gasteiger partial charge in [0.15, 0.2) is 0 Å². The summed E-state index contributed by atoms with van der Waals surface area (Å²) >= 11 is 0. The Bertz CT molecular complexity index is 124. The van der Waals surface area contributed by atoms with Crippen molar-refractivity contribution in [1.82, 2.24) is 0 Å². The molecule has 0 aliphatic carbocycles. The van der Waals surface area contributed by atoms with Crippen LogP contribution in [-0.2, 0) is 9.47 Å². The highest BCUT2D eigenvalue weighted by atomic mass is 16.5. The predicted molar refractivity (Wildman–Crippen MR) is 35.4 cm³/mol. The Hall–Kier alpha value is -0.590. The van der Waals surface area contributed by atoms with Crippen LogP contribution in [0.3, 0.4) is 0 Å². The van der Waals surface area contributed by atoms with E-state index in [1.807, 2.05) is 6.07 Å². The topological polar surface area (TPSA) is 42.2 Å². The standard InChI is InChI=1S/C7H11NO2/c8-2-4-10-6-7-1-3-9-5-7/h7H,1,3-6H2. The molecule has 0 saturated carbocycles. The van der Waals surface area contributed by atoms with E-state index in [2.05, 4.69) is 0 Å². The van der Waals surface area contributed by atoms with Gasteiger partial charge in [0.05, 0.1) is 19.3 Å². The number of hydrogen-bond acceptors (Lipinski definition) is 3. The highest BCUT2D eigenvalue weighted by Gasteiger charge is 2.14. The zero-order chi connectivity index (χ0) is 7.23. The van der Waals surface area contributed by atoms with Crippen molar-refractivity contribution < 1.29 is 9.47 Å². The largest absolute Gasteiger partial charge is 0.381 e. The molecule has 1 fully saturated rings. The molecule has 0 aromatic rings. The summed E-state index contributed by atoms with van der Waals surface area (Å²) in [5, 5.41) is 8.13. The van der Waals surface area contributed by atoms with Gasteiger partial charge in [-0.15, -0.1) is 0 Å². The van der Waals surface area contributed by atoms with Crippen LogP contribution in [0.15, 0.2) is 0 Å². The molecule has 0 aromatic carbocycles. The second kappa shape index (κ2) is 4.26. The molecular formula is C7H11NO2. The fourth-order valence-electron chi connectivity index (χ4n) is 0.986. The summed E-state index contributed by atoms with van der Waals surface area (Å²) in [4.78, 5) is 0. The zero-order valence-corrected chi connectivity index (χ0v) is 5.88. The summed E-state index contributed by atoms with van der Waals surface area (Å²) in [7, 11) is 0. The summed E-state index contributed by atoms with van der Waals surface area (Å²) in [6, 6.07) is 1.93. The second-order valence-electron chi connectivity index (χ2n) is 2.40. The molecular weight excluding hydrogens is 130 g/mol. The van der Waals surface area contributed by atoms with Crippen LogP contribution in [0, 0.1) is 17.2 Å². The molecule has 0 radical (unpaired) electrons. The Morgan fingerprint density at radius 2 is 2.60 bits per heavy atom. The van der Waals surface area contributed by atoms with Crippen LogP contribution in [0.2, 0.25) is 0 Å². The Morgan fingerprint density at radius 1 is 1.70 bits per heavy atom. The van der Waals surface area contributed by atoms with Crippen molar-refractivity contribution >= 4 is 0 Å². The van der Waals surface area contributed by atoms with E-state index in [4.69, 9.17) is 14.7 Å². The van der Waals surface area contributed by atoms with Crippen molar-refractivity contribution in [3.8, 4) is 6.07 Å². The van der Waals surface area contributed by atoms with Crippen molar-refractivity contribution in [2.24, 2.45) is 5.92 Å². The van der Waals surface area contributed by atoms with E-state index >= 15 is 0 Å². The minimum absolute atomic E-state index is 0.205. The van der Waals surface area contributed by atoms with E-state index in [9.17, 15) is 0 Å². The summed E-state index contributed by atoms with van der Waals surface area (Å²) in [5.41, 5.74) is 0. The fourth-order valence-corrected chi connectivity index (χ4v) is 0.986. The van der Waals surface area contributed by atoms with E-state index in [1.165, 1.54) is 0 Å². The van der Waals surface area contributed by atoms with Crippen molar-refractivity contribution in [2.45, 2.75) is 6.42 Å². The number of rotatable bonds is 3. The summed E-state index contributed by atoms with van der Waals surface area (Å²) in [5.74, 6) is 0.522. The zero-order valence-electron chi connectivity index (χ0n) is 5.88. The minimum Gasteiger partial charge on any atom is -0.381 e. The lowest BCUT2D eigenvalue weighted by Gasteiger charge is -2.04. The average molecular weight is 141 g/mol. The number of nitrogens with zero attached hydrogens (tertiary/aromatic N) is 1. The predicted octanol–water partition coefficient (Wildman–Crippen LogP) is 0.563. The van der Waals surface area contributed by atoms with E-state index in [1.54, 1.807) is 0 Å². The maximum Gasteiger partial charge on any atom is 0.133 e. The molecule has 3 nitrogen and oxygen atoms in total. The molecule has 1 heterocycles. The van der Waals surface area contributed by atoms with Crippen LogP contribution < -0.4 is 0 Å². The van der Waals surface area contributed by atoms with Crippen LogP contribution in [-0.4, -0.2) is 26.4 Å². The van der Waals surface area contributed by atoms with Crippen molar-refractivity contribution in [2.75, 3.05) is 26.4 Å². The monoisotopic (exact) mass is 141 g/mol. The molecule has 1 unspecified atom stereocenters. The van der Waals surface area contributed by atoms with Crippen LogP contribution in [0.1, 0.15) is 6.42 Å². The Balaban J connectivity index is 1.97. The van der Waals surface area contributed by atoms with Crippen LogP contribution >= 0.6 is 0 Å². The van der Waals surface area contributed by atoms with Gasteiger partial charge in [-0.05, 0) is 6.42 Å². The van der Waals surface area contributed by atoms with Crippen molar-refractivity contribution in [3.63, 3.8) is 0 Å². The first kappa shape index (κ1) is 7.52. The average Bonchev–Trinajstić information content (AvgIpc) is 2.41. The molecule has 10 heavy (non-hydrogen) atoms. The van der Waals surface area contributed by atoms with Gasteiger partial charge in [0.25, 0.3) is 0 Å². The third kappa shape index (κ3) is 2.34. The Kier molecular flexibility index (Phi) is 3.20. The van der Waals surface area contributed by atoms with Crippen LogP contribution in [0.5, 0.6) is 0 Å². The maximum absolute atomic E-state index is 8.13. The van der Waals surface area contributed by atoms with Gasteiger partial charge >= 0.3 is 0 Å². The molecule has 3 heteroatoms. The first-order chi connectivity index (χ1) is 4.93. The normalized spacial score (nSPS) is 24.5. The van der Waals surface area contributed by atoms with Crippen LogP contribution in [0.25, 0.3) is 0 Å². The first-order valence-corrected chi connectivity index (χ1v) is 3.46. The molecule has 0 spiro atoms. The number of nitriles is 1. The molecule has 0 amide bonds. The Morgan fingerprint density at radius 3 is 3.20 bits per heavy atom. The van der Waals surface area contributed by atoms with E-state index in [-0.39, 0.29) is 6.61 Å². The van der Waals surface area contributed by atoms with Gasteiger partial charge in [0, 0.05) is 12.5 Å². The molecule has 0 aromatic heterocycles. The molecule has 1 atom stereocenters. The summed E-state index contributed by atoms with van der Waals surface area (Å²) in [6.45, 7) is 2.52. The molecule has 1 aliphatic heterocycles. The Labute approximate surface area is 60.5 Å². The molecule has 1 aliphatic rings. The third-order valence-electron chi connectivity index (χ3n) is 1.54. The van der Waals surface area contributed by atoms with E-state index in [0.29, 0.717) is 12.5 Å². The van der Waals surface area contributed by atoms with Gasteiger partial charge in [0.2, 0.25) is 0 Å². The van der Waals surface area contributed by atoms with Gasteiger partial charge < -0.3 is 9.47 Å². The molecule has 1 saturated heterocycles. The quantitative estimate of drug-likeness (QED) is 0.539. The number of hydrogen-bond donors (Lipinski definition) is 0. The van der Waals surface area contributed by atoms with E-state index < -0.39 is 0 Å². The molecule has 1 rings (SSSR count). The summed E-state index contributed by atoms with van der Waals surface area (Å²) < 4.78 is 10.2. The minimum atomic E-state index is 0.205. The van der Waals surface area contributed by atoms with Gasteiger partial charge in [-0.3, -0.25) is 0 Å². The maximum atomic E-state index is 8.13. The lowest BCUT2D eigenvalue weighted by molar-refractivity contribution is 0.111. The highest BCUT2D eigenvalue weighted by Crippen LogP contribution is 2.11. The first-order valence-electron chi connectivity index (χ1n) is 3.46. The van der Waals surface area contributed by atoms with Gasteiger partial charge in [-0.2, -0.15) is 5.26 Å². The SMILES string of the molecule is N#CCOCC1CCOC1.